The van der Waals surface area contributed by atoms with Crippen LogP contribution < -0.4 is 5.32 Å². The average molecular weight is 414 g/mol. The first-order valence-electron chi connectivity index (χ1n) is 9.64. The molecule has 3 rings (SSSR count). The maximum atomic E-state index is 12.6. The van der Waals surface area contributed by atoms with Gasteiger partial charge in [0.15, 0.2) is 6.10 Å². The molecule has 29 heavy (non-hydrogen) atoms. The lowest BCUT2D eigenvalue weighted by molar-refractivity contribution is -0.123. The van der Waals surface area contributed by atoms with Crippen molar-refractivity contribution in [3.05, 3.63) is 58.9 Å². The molecule has 0 radical (unpaired) electrons. The van der Waals surface area contributed by atoms with E-state index in [0.717, 1.165) is 23.6 Å². The van der Waals surface area contributed by atoms with E-state index in [1.807, 2.05) is 42.5 Å². The highest BCUT2D eigenvalue weighted by Crippen LogP contribution is 2.23. The molecule has 0 saturated carbocycles. The molecule has 0 aliphatic heterocycles. The van der Waals surface area contributed by atoms with E-state index in [4.69, 9.17) is 16.3 Å². The van der Waals surface area contributed by atoms with Gasteiger partial charge in [0.05, 0.1) is 5.69 Å². The molecular weight excluding hydrogens is 390 g/mol. The molecule has 1 heterocycles. The summed E-state index contributed by atoms with van der Waals surface area (Å²) in [7, 11) is 0. The Morgan fingerprint density at radius 2 is 1.93 bits per heavy atom. The molecule has 6 nitrogen and oxygen atoms in total. The number of carbonyl (C=O) groups excluding carboxylic acids is 2. The predicted octanol–water partition coefficient (Wildman–Crippen LogP) is 4.98. The topological polar surface area (TPSA) is 73.2 Å². The number of hydrogen-bond acceptors (Lipinski definition) is 4. The van der Waals surface area contributed by atoms with E-state index >= 15 is 0 Å². The number of hydrogen-bond donors (Lipinski definition) is 1. The molecule has 1 atom stereocenters. The second-order valence-electron chi connectivity index (χ2n) is 6.93. The predicted molar refractivity (Wildman–Crippen MR) is 114 cm³/mol. The van der Waals surface area contributed by atoms with Crippen molar-refractivity contribution in [3.8, 4) is 0 Å². The van der Waals surface area contributed by atoms with Crippen molar-refractivity contribution in [2.75, 3.05) is 5.32 Å². The number of ether oxygens (including phenoxy) is 1. The Balaban J connectivity index is 1.67. The SMILES string of the molecule is CCCCn1nc(C)c(C(=O)O[C@@H](C)C(=O)Nc2ccc3ccccc3c2)c1Cl. The van der Waals surface area contributed by atoms with Crippen molar-refractivity contribution >= 4 is 39.9 Å². The van der Waals surface area contributed by atoms with Crippen LogP contribution in [0.3, 0.4) is 0 Å². The highest BCUT2D eigenvalue weighted by Gasteiger charge is 2.25. The molecule has 1 aromatic heterocycles. The van der Waals surface area contributed by atoms with Gasteiger partial charge in [-0.15, -0.1) is 0 Å². The molecule has 0 aliphatic rings. The molecule has 0 spiro atoms. The average Bonchev–Trinajstić information content (AvgIpc) is 2.99. The van der Waals surface area contributed by atoms with Crippen LogP contribution in [0.2, 0.25) is 5.15 Å². The van der Waals surface area contributed by atoms with Gasteiger partial charge in [-0.2, -0.15) is 5.10 Å². The van der Waals surface area contributed by atoms with Crippen molar-refractivity contribution in [2.24, 2.45) is 0 Å². The van der Waals surface area contributed by atoms with Gasteiger partial charge in [0.2, 0.25) is 0 Å². The van der Waals surface area contributed by atoms with E-state index in [1.54, 1.807) is 11.6 Å². The number of aromatic nitrogens is 2. The zero-order chi connectivity index (χ0) is 21.0. The number of amides is 1. The summed E-state index contributed by atoms with van der Waals surface area (Å²) in [5.41, 5.74) is 1.32. The molecule has 0 unspecified atom stereocenters. The number of fused-ring (bicyclic) bond motifs is 1. The maximum absolute atomic E-state index is 12.6. The van der Waals surface area contributed by atoms with Gasteiger partial charge in [-0.05, 0) is 43.2 Å². The first-order chi connectivity index (χ1) is 13.9. The summed E-state index contributed by atoms with van der Waals surface area (Å²) in [4.78, 5) is 25.1. The van der Waals surface area contributed by atoms with E-state index in [0.29, 0.717) is 17.9 Å². The molecular formula is C22H24ClN3O3. The van der Waals surface area contributed by atoms with Crippen molar-refractivity contribution < 1.29 is 14.3 Å². The van der Waals surface area contributed by atoms with Gasteiger partial charge in [0.1, 0.15) is 10.7 Å². The standard InChI is InChI=1S/C22H24ClN3O3/c1-4-5-12-26-20(23)19(14(2)25-26)22(28)29-15(3)21(27)24-18-11-10-16-8-6-7-9-17(16)13-18/h6-11,13,15H,4-5,12H2,1-3H3,(H,24,27)/t15-/m0/s1. The quantitative estimate of drug-likeness (QED) is 0.554. The maximum Gasteiger partial charge on any atom is 0.343 e. The van der Waals surface area contributed by atoms with Crippen LogP contribution in [0.5, 0.6) is 0 Å². The van der Waals surface area contributed by atoms with Crippen molar-refractivity contribution in [1.29, 1.82) is 0 Å². The number of esters is 1. The smallest absolute Gasteiger partial charge is 0.343 e. The van der Waals surface area contributed by atoms with E-state index in [9.17, 15) is 9.59 Å². The Hall–Kier alpha value is -2.86. The first-order valence-corrected chi connectivity index (χ1v) is 10.0. The second-order valence-corrected chi connectivity index (χ2v) is 7.28. The summed E-state index contributed by atoms with van der Waals surface area (Å²) >= 11 is 6.31. The van der Waals surface area contributed by atoms with Gasteiger partial charge in [0.25, 0.3) is 5.91 Å². The monoisotopic (exact) mass is 413 g/mol. The van der Waals surface area contributed by atoms with Gasteiger partial charge in [-0.25, -0.2) is 4.79 Å². The van der Waals surface area contributed by atoms with Crippen LogP contribution in [0, 0.1) is 6.92 Å². The van der Waals surface area contributed by atoms with Gasteiger partial charge < -0.3 is 10.1 Å². The fourth-order valence-electron chi connectivity index (χ4n) is 3.03. The second kappa shape index (κ2) is 9.09. The van der Waals surface area contributed by atoms with Crippen LogP contribution in [-0.4, -0.2) is 27.8 Å². The first kappa shape index (κ1) is 20.9. The molecule has 3 aromatic rings. The molecule has 0 saturated heterocycles. The third kappa shape index (κ3) is 4.77. The Kier molecular flexibility index (Phi) is 6.54. The Morgan fingerprint density at radius 3 is 2.66 bits per heavy atom. The number of unbranched alkanes of at least 4 members (excludes halogenated alkanes) is 1. The largest absolute Gasteiger partial charge is 0.449 e. The molecule has 2 aromatic carbocycles. The van der Waals surface area contributed by atoms with Crippen LogP contribution in [0.15, 0.2) is 42.5 Å². The lowest BCUT2D eigenvalue weighted by Gasteiger charge is -2.14. The fourth-order valence-corrected chi connectivity index (χ4v) is 3.36. The summed E-state index contributed by atoms with van der Waals surface area (Å²) in [6.45, 7) is 5.92. The third-order valence-electron chi connectivity index (χ3n) is 4.66. The van der Waals surface area contributed by atoms with E-state index in [2.05, 4.69) is 17.3 Å². The number of anilines is 1. The van der Waals surface area contributed by atoms with Gasteiger partial charge in [-0.1, -0.05) is 55.3 Å². The molecule has 152 valence electrons. The molecule has 0 bridgehead atoms. The Morgan fingerprint density at radius 1 is 1.21 bits per heavy atom. The van der Waals surface area contributed by atoms with Gasteiger partial charge in [0, 0.05) is 12.2 Å². The number of halogens is 1. The minimum atomic E-state index is -0.983. The number of rotatable bonds is 7. The van der Waals surface area contributed by atoms with E-state index in [-0.39, 0.29) is 10.7 Å². The lowest BCUT2D eigenvalue weighted by Crippen LogP contribution is -2.30. The normalized spacial score (nSPS) is 12.0. The number of aryl methyl sites for hydroxylation is 2. The fraction of sp³-hybridized carbons (Fsp3) is 0.318. The van der Waals surface area contributed by atoms with Crippen LogP contribution in [-0.2, 0) is 16.1 Å². The minimum absolute atomic E-state index is 0.202. The third-order valence-corrected chi connectivity index (χ3v) is 5.05. The van der Waals surface area contributed by atoms with Gasteiger partial charge >= 0.3 is 5.97 Å². The highest BCUT2D eigenvalue weighted by molar-refractivity contribution is 6.32. The number of carbonyl (C=O) groups is 2. The number of benzene rings is 2. The minimum Gasteiger partial charge on any atom is -0.449 e. The van der Waals surface area contributed by atoms with E-state index < -0.39 is 18.0 Å². The summed E-state index contributed by atoms with van der Waals surface area (Å²) in [5.74, 6) is -1.07. The Labute approximate surface area is 174 Å². The summed E-state index contributed by atoms with van der Waals surface area (Å²) in [5, 5.41) is 9.41. The van der Waals surface area contributed by atoms with Crippen molar-refractivity contribution in [3.63, 3.8) is 0 Å². The molecule has 1 amide bonds. The lowest BCUT2D eigenvalue weighted by atomic mass is 10.1. The summed E-state index contributed by atoms with van der Waals surface area (Å²) in [6.07, 6.45) is 0.907. The number of nitrogens with zero attached hydrogens (tertiary/aromatic N) is 2. The van der Waals surface area contributed by atoms with Crippen molar-refractivity contribution in [1.82, 2.24) is 9.78 Å². The molecule has 7 heteroatoms. The highest BCUT2D eigenvalue weighted by atomic mass is 35.5. The Bertz CT molecular complexity index is 1040. The van der Waals surface area contributed by atoms with Crippen LogP contribution >= 0.6 is 11.6 Å². The number of nitrogens with one attached hydrogen (secondary N) is 1. The molecule has 0 fully saturated rings. The van der Waals surface area contributed by atoms with Gasteiger partial charge in [-0.3, -0.25) is 9.48 Å². The van der Waals surface area contributed by atoms with Crippen LogP contribution in [0.4, 0.5) is 5.69 Å². The zero-order valence-corrected chi connectivity index (χ0v) is 17.5. The van der Waals surface area contributed by atoms with Crippen LogP contribution in [0.1, 0.15) is 42.7 Å². The van der Waals surface area contributed by atoms with Crippen LogP contribution in [0.25, 0.3) is 10.8 Å². The summed E-state index contributed by atoms with van der Waals surface area (Å²) in [6, 6.07) is 13.5. The molecule has 0 aliphatic carbocycles. The zero-order valence-electron chi connectivity index (χ0n) is 16.7. The van der Waals surface area contributed by atoms with Crippen molar-refractivity contribution in [2.45, 2.75) is 46.3 Å². The van der Waals surface area contributed by atoms with E-state index in [1.165, 1.54) is 6.92 Å². The summed E-state index contributed by atoms with van der Waals surface area (Å²) < 4.78 is 6.94. The molecule has 1 N–H and O–H groups in total.